The molecule has 1 saturated carbocycles. The van der Waals surface area contributed by atoms with Gasteiger partial charge < -0.3 is 19.5 Å². The van der Waals surface area contributed by atoms with Crippen LogP contribution >= 0.6 is 11.6 Å². The van der Waals surface area contributed by atoms with Crippen LogP contribution in [0.1, 0.15) is 65.3 Å². The molecule has 1 aliphatic carbocycles. The summed E-state index contributed by atoms with van der Waals surface area (Å²) >= 11 is 6.49. The second kappa shape index (κ2) is 9.23. The van der Waals surface area contributed by atoms with Crippen LogP contribution in [0.25, 0.3) is 10.9 Å². The van der Waals surface area contributed by atoms with Crippen LogP contribution in [0, 0.1) is 6.92 Å². The third-order valence-corrected chi connectivity index (χ3v) is 7.23. The molecular weight excluding hydrogens is 462 g/mol. The Labute approximate surface area is 211 Å². The van der Waals surface area contributed by atoms with Gasteiger partial charge >= 0.3 is 0 Å². The first-order chi connectivity index (χ1) is 16.8. The second-order valence-corrected chi connectivity index (χ2v) is 10.5. The van der Waals surface area contributed by atoms with Gasteiger partial charge in [0.1, 0.15) is 12.3 Å². The van der Waals surface area contributed by atoms with Crippen LogP contribution in [0.2, 0.25) is 5.02 Å². The summed E-state index contributed by atoms with van der Waals surface area (Å²) in [6.45, 7) is 7.26. The molecule has 0 radical (unpaired) electrons. The van der Waals surface area contributed by atoms with Crippen LogP contribution < -0.4 is 10.1 Å². The van der Waals surface area contributed by atoms with Crippen LogP contribution in [0.15, 0.2) is 30.3 Å². The third-order valence-electron chi connectivity index (χ3n) is 7.01. The molecule has 2 aliphatic rings. The molecule has 0 saturated heterocycles. The lowest BCUT2D eigenvalue weighted by Gasteiger charge is -2.30. The minimum absolute atomic E-state index is 0.00931. The van der Waals surface area contributed by atoms with Gasteiger partial charge in [-0.1, -0.05) is 23.7 Å². The summed E-state index contributed by atoms with van der Waals surface area (Å²) in [6, 6.07) is 9.87. The van der Waals surface area contributed by atoms with Crippen molar-refractivity contribution in [2.45, 2.75) is 65.1 Å². The van der Waals surface area contributed by atoms with Crippen LogP contribution in [0.4, 0.5) is 0 Å². The van der Waals surface area contributed by atoms with E-state index < -0.39 is 0 Å². The average molecular weight is 494 g/mol. The van der Waals surface area contributed by atoms with Gasteiger partial charge in [-0.15, -0.1) is 0 Å². The molecule has 184 valence electrons. The Kier molecular flexibility index (Phi) is 6.26. The summed E-state index contributed by atoms with van der Waals surface area (Å²) < 4.78 is 7.62. The number of aromatic nitrogens is 1. The molecule has 7 heteroatoms. The number of rotatable bonds is 6. The van der Waals surface area contributed by atoms with Crippen LogP contribution in [0.5, 0.6) is 5.75 Å². The molecule has 35 heavy (non-hydrogen) atoms. The van der Waals surface area contributed by atoms with E-state index in [0.29, 0.717) is 23.7 Å². The first-order valence-corrected chi connectivity index (χ1v) is 12.7. The number of halogens is 1. The largest absolute Gasteiger partial charge is 0.496 e. The van der Waals surface area contributed by atoms with Crippen molar-refractivity contribution in [2.24, 2.45) is 0 Å². The molecule has 0 spiro atoms. The highest BCUT2D eigenvalue weighted by Crippen LogP contribution is 2.46. The fraction of sp³-hybridized carbons (Fsp3) is 0.429. The molecule has 5 rings (SSSR count). The molecule has 6 nitrogen and oxygen atoms in total. The number of benzene rings is 2. The van der Waals surface area contributed by atoms with Crippen molar-refractivity contribution in [3.8, 4) is 5.75 Å². The van der Waals surface area contributed by atoms with Gasteiger partial charge in [-0.3, -0.25) is 9.59 Å². The number of nitrogens with one attached hydrogen (secondary N) is 1. The fourth-order valence-corrected chi connectivity index (χ4v) is 5.73. The predicted molar refractivity (Wildman–Crippen MR) is 138 cm³/mol. The summed E-state index contributed by atoms with van der Waals surface area (Å²) in [6.07, 6.45) is 2.80. The van der Waals surface area contributed by atoms with Crippen molar-refractivity contribution >= 4 is 34.3 Å². The Balaban J connectivity index is 1.61. The number of nitrogens with zero attached hydrogens (tertiary/aromatic N) is 2. The lowest BCUT2D eigenvalue weighted by Crippen LogP contribution is -2.37. The number of methoxy groups -OCH3 is 1. The number of aryl methyl sites for hydroxylation is 1. The summed E-state index contributed by atoms with van der Waals surface area (Å²) in [5.41, 5.74) is 5.87. The number of fused-ring (bicyclic) bond motifs is 2. The summed E-state index contributed by atoms with van der Waals surface area (Å²) in [7, 11) is 1.69. The molecule has 3 aromatic rings. The van der Waals surface area contributed by atoms with Crippen molar-refractivity contribution < 1.29 is 14.3 Å². The third kappa shape index (κ3) is 4.40. The first kappa shape index (κ1) is 23.7. The highest BCUT2D eigenvalue weighted by atomic mass is 35.5. The van der Waals surface area contributed by atoms with E-state index in [0.717, 1.165) is 52.7 Å². The van der Waals surface area contributed by atoms with E-state index in [9.17, 15) is 9.59 Å². The molecule has 2 aromatic carbocycles. The SMILES string of the molecule is COc1cccc2c1CCN(C(=O)c1c(C3CC3)n(CC(=O)NC(C)C)c3c(C)cc(Cl)cc13)C2. The van der Waals surface area contributed by atoms with E-state index >= 15 is 0 Å². The highest BCUT2D eigenvalue weighted by Gasteiger charge is 2.37. The van der Waals surface area contributed by atoms with Gasteiger partial charge in [0.05, 0.1) is 18.2 Å². The summed E-state index contributed by atoms with van der Waals surface area (Å²) in [5.74, 6) is 1.12. The van der Waals surface area contributed by atoms with E-state index in [1.165, 1.54) is 5.56 Å². The smallest absolute Gasteiger partial charge is 0.256 e. The minimum atomic E-state index is -0.0499. The molecule has 0 atom stereocenters. The second-order valence-electron chi connectivity index (χ2n) is 10.0. The average Bonchev–Trinajstić information content (AvgIpc) is 3.60. The van der Waals surface area contributed by atoms with Gasteiger partial charge in [0.2, 0.25) is 5.91 Å². The Morgan fingerprint density at radius 3 is 2.69 bits per heavy atom. The maximum absolute atomic E-state index is 14.2. The zero-order chi connectivity index (χ0) is 24.9. The molecule has 1 aromatic heterocycles. The van der Waals surface area contributed by atoms with Crippen molar-refractivity contribution in [3.05, 3.63) is 63.3 Å². The maximum atomic E-state index is 14.2. The first-order valence-electron chi connectivity index (χ1n) is 12.3. The number of hydrogen-bond donors (Lipinski definition) is 1. The van der Waals surface area contributed by atoms with Gasteiger partial charge in [0, 0.05) is 46.7 Å². The quantitative estimate of drug-likeness (QED) is 0.512. The zero-order valence-corrected chi connectivity index (χ0v) is 21.5. The predicted octanol–water partition coefficient (Wildman–Crippen LogP) is 5.21. The highest BCUT2D eigenvalue weighted by molar-refractivity contribution is 6.31. The van der Waals surface area contributed by atoms with Crippen molar-refractivity contribution in [2.75, 3.05) is 13.7 Å². The van der Waals surface area contributed by atoms with E-state index in [1.807, 2.05) is 49.9 Å². The number of ether oxygens (including phenoxy) is 1. The normalized spacial score (nSPS) is 15.4. The van der Waals surface area contributed by atoms with Gasteiger partial charge in [0.25, 0.3) is 5.91 Å². The van der Waals surface area contributed by atoms with Crippen LogP contribution in [-0.4, -0.2) is 41.0 Å². The van der Waals surface area contributed by atoms with Gasteiger partial charge in [-0.2, -0.15) is 0 Å². The molecule has 1 aliphatic heterocycles. The van der Waals surface area contributed by atoms with E-state index in [4.69, 9.17) is 16.3 Å². The van der Waals surface area contributed by atoms with Crippen LogP contribution in [0.3, 0.4) is 0 Å². The standard InChI is InChI=1S/C28H32ClN3O3/c1-16(2)30-24(33)15-32-26-17(3)12-20(29)13-22(26)25(27(32)18-8-9-18)28(34)31-11-10-21-19(14-31)6-5-7-23(21)35-4/h5-7,12-13,16,18H,8-11,14-15H2,1-4H3,(H,30,33). The Morgan fingerprint density at radius 2 is 2.00 bits per heavy atom. The topological polar surface area (TPSA) is 63.6 Å². The number of amides is 2. The van der Waals surface area contributed by atoms with Crippen molar-refractivity contribution in [1.82, 2.24) is 14.8 Å². The Bertz CT molecular complexity index is 1320. The van der Waals surface area contributed by atoms with Crippen LogP contribution in [-0.2, 0) is 24.3 Å². The van der Waals surface area contributed by atoms with E-state index in [-0.39, 0.29) is 30.3 Å². The lowest BCUT2D eigenvalue weighted by molar-refractivity contribution is -0.122. The monoisotopic (exact) mass is 493 g/mol. The molecule has 2 heterocycles. The van der Waals surface area contributed by atoms with Crippen molar-refractivity contribution in [3.63, 3.8) is 0 Å². The van der Waals surface area contributed by atoms with E-state index in [1.54, 1.807) is 7.11 Å². The minimum Gasteiger partial charge on any atom is -0.496 e. The molecule has 0 unspecified atom stereocenters. The number of carbonyl (C=O) groups excluding carboxylic acids is 2. The zero-order valence-electron chi connectivity index (χ0n) is 20.8. The molecule has 1 N–H and O–H groups in total. The van der Waals surface area contributed by atoms with Crippen molar-refractivity contribution in [1.29, 1.82) is 0 Å². The summed E-state index contributed by atoms with van der Waals surface area (Å²) in [4.78, 5) is 28.9. The van der Waals surface area contributed by atoms with Gasteiger partial charge in [0.15, 0.2) is 0 Å². The molecule has 2 amide bonds. The van der Waals surface area contributed by atoms with Gasteiger partial charge in [-0.25, -0.2) is 0 Å². The number of hydrogen-bond acceptors (Lipinski definition) is 3. The Morgan fingerprint density at radius 1 is 1.23 bits per heavy atom. The molecular formula is C28H32ClN3O3. The van der Waals surface area contributed by atoms with Gasteiger partial charge in [-0.05, 0) is 69.4 Å². The summed E-state index contributed by atoms with van der Waals surface area (Å²) in [5, 5.41) is 4.45. The number of carbonyl (C=O) groups is 2. The lowest BCUT2D eigenvalue weighted by atomic mass is 9.97. The maximum Gasteiger partial charge on any atom is 0.256 e. The molecule has 1 fully saturated rings. The van der Waals surface area contributed by atoms with E-state index in [2.05, 4.69) is 16.0 Å². The fourth-order valence-electron chi connectivity index (χ4n) is 5.46. The molecule has 0 bridgehead atoms. The Hall–Kier alpha value is -2.99.